The van der Waals surface area contributed by atoms with Crippen LogP contribution in [0.15, 0.2) is 16.8 Å². The zero-order valence-corrected chi connectivity index (χ0v) is 12.3. The van der Waals surface area contributed by atoms with Gasteiger partial charge in [0.25, 0.3) is 0 Å². The molecule has 0 aliphatic heterocycles. The lowest BCUT2D eigenvalue weighted by Gasteiger charge is -2.24. The Labute approximate surface area is 113 Å². The fraction of sp³-hybridized carbons (Fsp3) is 0.500. The first-order valence-electron chi connectivity index (χ1n) is 6.36. The fourth-order valence-corrected chi connectivity index (χ4v) is 2.94. The van der Waals surface area contributed by atoms with Gasteiger partial charge in [-0.3, -0.25) is 4.68 Å². The van der Waals surface area contributed by atoms with Crippen LogP contribution in [0, 0.1) is 20.8 Å². The molecule has 3 nitrogen and oxygen atoms in total. The predicted molar refractivity (Wildman–Crippen MR) is 77.2 cm³/mol. The topological polar surface area (TPSA) is 43.8 Å². The van der Waals surface area contributed by atoms with Crippen molar-refractivity contribution in [2.24, 2.45) is 5.73 Å². The Hall–Kier alpha value is -1.13. The highest BCUT2D eigenvalue weighted by Gasteiger charge is 2.24. The molecule has 0 fully saturated rings. The standard InChI is InChI=1S/C14H21N3S/c1-5-13(15)14(12-6-7-18-8-12)17-11(4)9(2)10(3)16-17/h6-8,13-14H,5,15H2,1-4H3. The molecule has 0 radical (unpaired) electrons. The molecule has 0 aliphatic rings. The molecule has 0 bridgehead atoms. The number of nitrogens with zero attached hydrogens (tertiary/aromatic N) is 2. The minimum Gasteiger partial charge on any atom is -0.326 e. The third-order valence-electron chi connectivity index (χ3n) is 3.71. The molecule has 2 unspecified atom stereocenters. The van der Waals surface area contributed by atoms with Gasteiger partial charge in [0.05, 0.1) is 11.7 Å². The van der Waals surface area contributed by atoms with Crippen molar-refractivity contribution in [2.75, 3.05) is 0 Å². The number of nitrogens with two attached hydrogens (primary N) is 1. The maximum atomic E-state index is 6.31. The summed E-state index contributed by atoms with van der Waals surface area (Å²) < 4.78 is 2.10. The lowest BCUT2D eigenvalue weighted by molar-refractivity contribution is 0.416. The van der Waals surface area contributed by atoms with E-state index in [1.807, 2.05) is 0 Å². The molecule has 0 aliphatic carbocycles. The Bertz CT molecular complexity index is 513. The van der Waals surface area contributed by atoms with Crippen LogP contribution in [0.3, 0.4) is 0 Å². The van der Waals surface area contributed by atoms with Crippen LogP contribution < -0.4 is 5.73 Å². The molecule has 0 saturated carbocycles. The molecule has 0 amide bonds. The van der Waals surface area contributed by atoms with Crippen LogP contribution in [0.25, 0.3) is 0 Å². The van der Waals surface area contributed by atoms with E-state index < -0.39 is 0 Å². The van der Waals surface area contributed by atoms with Crippen LogP contribution in [0.1, 0.15) is 41.9 Å². The molecule has 2 atom stereocenters. The monoisotopic (exact) mass is 263 g/mol. The average Bonchev–Trinajstić information content (AvgIpc) is 2.96. The van der Waals surface area contributed by atoms with Crippen molar-refractivity contribution >= 4 is 11.3 Å². The van der Waals surface area contributed by atoms with Crippen molar-refractivity contribution in [2.45, 2.75) is 46.2 Å². The second-order valence-electron chi connectivity index (χ2n) is 4.81. The number of rotatable bonds is 4. The van der Waals surface area contributed by atoms with Crippen molar-refractivity contribution < 1.29 is 0 Å². The second-order valence-corrected chi connectivity index (χ2v) is 5.59. The highest BCUT2D eigenvalue weighted by molar-refractivity contribution is 7.07. The Morgan fingerprint density at radius 1 is 1.39 bits per heavy atom. The molecule has 4 heteroatoms. The Morgan fingerprint density at radius 2 is 2.11 bits per heavy atom. The van der Waals surface area contributed by atoms with Gasteiger partial charge in [-0.05, 0) is 55.1 Å². The van der Waals surface area contributed by atoms with E-state index in [9.17, 15) is 0 Å². The van der Waals surface area contributed by atoms with Crippen molar-refractivity contribution in [3.05, 3.63) is 39.3 Å². The van der Waals surface area contributed by atoms with Gasteiger partial charge >= 0.3 is 0 Å². The summed E-state index contributed by atoms with van der Waals surface area (Å²) in [6.45, 7) is 8.43. The molecule has 2 aromatic heterocycles. The fourth-order valence-electron chi connectivity index (χ4n) is 2.25. The van der Waals surface area contributed by atoms with Crippen LogP contribution >= 0.6 is 11.3 Å². The minimum absolute atomic E-state index is 0.0944. The van der Waals surface area contributed by atoms with Gasteiger partial charge in [0.1, 0.15) is 0 Å². The highest BCUT2D eigenvalue weighted by atomic mass is 32.1. The summed E-state index contributed by atoms with van der Waals surface area (Å²) in [5.41, 5.74) is 11.1. The van der Waals surface area contributed by atoms with Gasteiger partial charge in [-0.25, -0.2) is 0 Å². The van der Waals surface area contributed by atoms with E-state index in [0.717, 1.165) is 12.1 Å². The second kappa shape index (κ2) is 5.24. The maximum Gasteiger partial charge on any atom is 0.0930 e. The summed E-state index contributed by atoms with van der Waals surface area (Å²) in [5.74, 6) is 0. The van der Waals surface area contributed by atoms with Crippen molar-refractivity contribution in [1.29, 1.82) is 0 Å². The number of thiophene rings is 1. The number of aryl methyl sites for hydroxylation is 1. The van der Waals surface area contributed by atoms with Crippen LogP contribution in [0.2, 0.25) is 0 Å². The van der Waals surface area contributed by atoms with Gasteiger partial charge in [-0.1, -0.05) is 6.92 Å². The van der Waals surface area contributed by atoms with E-state index in [4.69, 9.17) is 5.73 Å². The molecule has 0 aromatic carbocycles. The quantitative estimate of drug-likeness (QED) is 0.920. The first kappa shape index (κ1) is 13.3. The van der Waals surface area contributed by atoms with Gasteiger partial charge in [-0.2, -0.15) is 16.4 Å². The summed E-state index contributed by atoms with van der Waals surface area (Å²) >= 11 is 1.71. The number of aromatic nitrogens is 2. The molecule has 0 spiro atoms. The molecule has 2 N–H and O–H groups in total. The Kier molecular flexibility index (Phi) is 3.88. The molecular weight excluding hydrogens is 242 g/mol. The van der Waals surface area contributed by atoms with E-state index in [2.05, 4.69) is 54.3 Å². The molecule has 2 heterocycles. The van der Waals surface area contributed by atoms with Crippen LogP contribution in [0.4, 0.5) is 0 Å². The summed E-state index contributed by atoms with van der Waals surface area (Å²) in [6.07, 6.45) is 0.942. The first-order chi connectivity index (χ1) is 8.56. The summed E-state index contributed by atoms with van der Waals surface area (Å²) in [5, 5.41) is 8.95. The zero-order chi connectivity index (χ0) is 13.3. The normalized spacial score (nSPS) is 14.7. The van der Waals surface area contributed by atoms with E-state index >= 15 is 0 Å². The third kappa shape index (κ3) is 2.22. The largest absolute Gasteiger partial charge is 0.326 e. The summed E-state index contributed by atoms with van der Waals surface area (Å²) in [7, 11) is 0. The van der Waals surface area contributed by atoms with Gasteiger partial charge in [0.2, 0.25) is 0 Å². The number of hydrogen-bond donors (Lipinski definition) is 1. The van der Waals surface area contributed by atoms with Gasteiger partial charge < -0.3 is 5.73 Å². The SMILES string of the molecule is CCC(N)C(c1ccsc1)n1nc(C)c(C)c1C. The number of hydrogen-bond acceptors (Lipinski definition) is 3. The highest BCUT2D eigenvalue weighted by Crippen LogP contribution is 2.27. The molecule has 0 saturated heterocycles. The average molecular weight is 263 g/mol. The molecular formula is C14H21N3S. The maximum absolute atomic E-state index is 6.31. The molecule has 2 rings (SSSR count). The van der Waals surface area contributed by atoms with E-state index in [1.54, 1.807) is 11.3 Å². The lowest BCUT2D eigenvalue weighted by Crippen LogP contribution is -2.33. The van der Waals surface area contributed by atoms with Crippen molar-refractivity contribution in [3.8, 4) is 0 Å². The minimum atomic E-state index is 0.0944. The Morgan fingerprint density at radius 3 is 2.56 bits per heavy atom. The predicted octanol–water partition coefficient (Wildman–Crippen LogP) is 3.20. The lowest BCUT2D eigenvalue weighted by atomic mass is 10.0. The van der Waals surface area contributed by atoms with Crippen LogP contribution in [-0.4, -0.2) is 15.8 Å². The van der Waals surface area contributed by atoms with Gasteiger partial charge in [-0.15, -0.1) is 0 Å². The Balaban J connectivity index is 2.50. The third-order valence-corrected chi connectivity index (χ3v) is 4.41. The van der Waals surface area contributed by atoms with Crippen LogP contribution in [0.5, 0.6) is 0 Å². The first-order valence-corrected chi connectivity index (χ1v) is 7.30. The van der Waals surface area contributed by atoms with Crippen molar-refractivity contribution in [1.82, 2.24) is 9.78 Å². The van der Waals surface area contributed by atoms with E-state index in [0.29, 0.717) is 0 Å². The van der Waals surface area contributed by atoms with E-state index in [-0.39, 0.29) is 12.1 Å². The molecule has 98 valence electrons. The van der Waals surface area contributed by atoms with Crippen molar-refractivity contribution in [3.63, 3.8) is 0 Å². The van der Waals surface area contributed by atoms with E-state index in [1.165, 1.54) is 16.8 Å². The molecule has 18 heavy (non-hydrogen) atoms. The molecule has 2 aromatic rings. The van der Waals surface area contributed by atoms with Gasteiger partial charge in [0.15, 0.2) is 0 Å². The smallest absolute Gasteiger partial charge is 0.0930 e. The summed E-state index contributed by atoms with van der Waals surface area (Å²) in [6, 6.07) is 2.39. The van der Waals surface area contributed by atoms with Gasteiger partial charge in [0, 0.05) is 11.7 Å². The van der Waals surface area contributed by atoms with Crippen LogP contribution in [-0.2, 0) is 0 Å². The zero-order valence-electron chi connectivity index (χ0n) is 11.5. The summed E-state index contributed by atoms with van der Waals surface area (Å²) in [4.78, 5) is 0.